The molecule has 0 aromatic carbocycles. The summed E-state index contributed by atoms with van der Waals surface area (Å²) in [5.41, 5.74) is 1.98. The second kappa shape index (κ2) is 5.42. The van der Waals surface area contributed by atoms with E-state index in [1.807, 2.05) is 31.4 Å². The molecule has 0 aliphatic carbocycles. The molecule has 1 aliphatic heterocycles. The van der Waals surface area contributed by atoms with Gasteiger partial charge >= 0.3 is 0 Å². The number of anilines is 1. The summed E-state index contributed by atoms with van der Waals surface area (Å²) >= 11 is 0. The molecule has 7 nitrogen and oxygen atoms in total. The zero-order valence-electron chi connectivity index (χ0n) is 13.5. The molecule has 1 aliphatic rings. The number of rotatable bonds is 3. The molecule has 126 valence electrons. The molecule has 0 saturated carbocycles. The maximum Gasteiger partial charge on any atom is 0.264 e. The minimum atomic E-state index is -3.43. The maximum atomic E-state index is 11.3. The van der Waals surface area contributed by atoms with Gasteiger partial charge in [-0.1, -0.05) is 0 Å². The van der Waals surface area contributed by atoms with Gasteiger partial charge in [-0.3, -0.25) is 9.17 Å². The standard InChI is InChI=1S/C16H18N4O3S/c1-19-14-5-7-17-9-13(14)12-3-4-15(18-16(12)19)20-8-6-11(10-20)23-24(2,21)22/h3-5,7,9,11H,6,8,10H2,1-2H3/t11-/m0/s1. The lowest BCUT2D eigenvalue weighted by Crippen LogP contribution is -2.25. The molecule has 0 unspecified atom stereocenters. The Morgan fingerprint density at radius 1 is 1.25 bits per heavy atom. The molecular formula is C16H18N4O3S. The molecule has 1 saturated heterocycles. The van der Waals surface area contributed by atoms with E-state index in [0.717, 1.165) is 40.6 Å². The van der Waals surface area contributed by atoms with E-state index >= 15 is 0 Å². The molecule has 0 N–H and O–H groups in total. The molecule has 0 radical (unpaired) electrons. The second-order valence-corrected chi connectivity index (χ2v) is 7.75. The lowest BCUT2D eigenvalue weighted by Gasteiger charge is -2.17. The fourth-order valence-corrected chi connectivity index (χ4v) is 4.00. The lowest BCUT2D eigenvalue weighted by atomic mass is 10.2. The number of nitrogens with zero attached hydrogens (tertiary/aromatic N) is 4. The molecule has 4 rings (SSSR count). The molecule has 24 heavy (non-hydrogen) atoms. The number of hydrogen-bond donors (Lipinski definition) is 0. The van der Waals surface area contributed by atoms with Crippen molar-refractivity contribution in [2.24, 2.45) is 7.05 Å². The smallest absolute Gasteiger partial charge is 0.264 e. The van der Waals surface area contributed by atoms with Crippen LogP contribution < -0.4 is 4.90 Å². The van der Waals surface area contributed by atoms with Crippen LogP contribution >= 0.6 is 0 Å². The minimum absolute atomic E-state index is 0.311. The average Bonchev–Trinajstić information content (AvgIpc) is 3.10. The van der Waals surface area contributed by atoms with Gasteiger partial charge in [-0.05, 0) is 24.6 Å². The molecule has 8 heteroatoms. The van der Waals surface area contributed by atoms with Gasteiger partial charge in [0.15, 0.2) is 0 Å². The summed E-state index contributed by atoms with van der Waals surface area (Å²) in [6.07, 6.45) is 5.07. The highest BCUT2D eigenvalue weighted by atomic mass is 32.2. The summed E-state index contributed by atoms with van der Waals surface area (Å²) < 4.78 is 29.7. The van der Waals surface area contributed by atoms with Gasteiger partial charge in [0.25, 0.3) is 10.1 Å². The third kappa shape index (κ3) is 2.61. The summed E-state index contributed by atoms with van der Waals surface area (Å²) in [7, 11) is -1.44. The van der Waals surface area contributed by atoms with Crippen molar-refractivity contribution in [3.63, 3.8) is 0 Å². The van der Waals surface area contributed by atoms with Crippen LogP contribution in [-0.4, -0.2) is 48.4 Å². The Morgan fingerprint density at radius 3 is 2.88 bits per heavy atom. The van der Waals surface area contributed by atoms with Gasteiger partial charge < -0.3 is 9.47 Å². The molecular weight excluding hydrogens is 328 g/mol. The largest absolute Gasteiger partial charge is 0.354 e. The van der Waals surface area contributed by atoms with Crippen molar-refractivity contribution in [3.05, 3.63) is 30.6 Å². The fraction of sp³-hybridized carbons (Fsp3) is 0.375. The van der Waals surface area contributed by atoms with E-state index in [-0.39, 0.29) is 6.10 Å². The Hall–Kier alpha value is -2.19. The van der Waals surface area contributed by atoms with Gasteiger partial charge in [0.2, 0.25) is 0 Å². The van der Waals surface area contributed by atoms with Crippen LogP contribution in [0.2, 0.25) is 0 Å². The molecule has 3 aromatic rings. The SMILES string of the molecule is Cn1c2ccncc2c2ccc(N3CC[C@H](OS(C)(=O)=O)C3)nc21. The normalized spacial score (nSPS) is 18.8. The zero-order chi connectivity index (χ0) is 16.9. The number of pyridine rings is 2. The Morgan fingerprint density at radius 2 is 2.08 bits per heavy atom. The monoisotopic (exact) mass is 346 g/mol. The van der Waals surface area contributed by atoms with Crippen molar-refractivity contribution in [1.82, 2.24) is 14.5 Å². The third-order valence-corrected chi connectivity index (χ3v) is 5.03. The van der Waals surface area contributed by atoms with Crippen LogP contribution in [0.15, 0.2) is 30.6 Å². The van der Waals surface area contributed by atoms with Crippen molar-refractivity contribution in [2.75, 3.05) is 24.2 Å². The van der Waals surface area contributed by atoms with E-state index in [0.29, 0.717) is 13.0 Å². The van der Waals surface area contributed by atoms with Crippen LogP contribution in [0.25, 0.3) is 21.9 Å². The summed E-state index contributed by atoms with van der Waals surface area (Å²) in [6.45, 7) is 1.25. The van der Waals surface area contributed by atoms with Gasteiger partial charge in [-0.15, -0.1) is 0 Å². The van der Waals surface area contributed by atoms with E-state index < -0.39 is 10.1 Å². The topological polar surface area (TPSA) is 77.3 Å². The molecule has 1 atom stereocenters. The molecule has 0 spiro atoms. The maximum absolute atomic E-state index is 11.3. The Bertz CT molecular complexity index is 1030. The predicted octanol–water partition coefficient (Wildman–Crippen LogP) is 1.68. The highest BCUT2D eigenvalue weighted by Gasteiger charge is 2.27. The number of hydrogen-bond acceptors (Lipinski definition) is 6. The summed E-state index contributed by atoms with van der Waals surface area (Å²) in [5.74, 6) is 0.834. The first-order valence-electron chi connectivity index (χ1n) is 7.75. The lowest BCUT2D eigenvalue weighted by molar-refractivity contribution is 0.234. The first-order valence-corrected chi connectivity index (χ1v) is 9.56. The average molecular weight is 346 g/mol. The Kier molecular flexibility index (Phi) is 3.47. The van der Waals surface area contributed by atoms with Crippen LogP contribution in [-0.2, 0) is 21.3 Å². The number of aromatic nitrogens is 3. The van der Waals surface area contributed by atoms with Gasteiger partial charge in [-0.25, -0.2) is 4.98 Å². The molecule has 0 amide bonds. The molecule has 4 heterocycles. The van der Waals surface area contributed by atoms with Gasteiger partial charge in [-0.2, -0.15) is 8.42 Å². The third-order valence-electron chi connectivity index (χ3n) is 4.41. The quantitative estimate of drug-likeness (QED) is 0.672. The van der Waals surface area contributed by atoms with Gasteiger partial charge in [0.05, 0.1) is 17.9 Å². The highest BCUT2D eigenvalue weighted by Crippen LogP contribution is 2.29. The molecule has 1 fully saturated rings. The Labute approximate surface area is 140 Å². The van der Waals surface area contributed by atoms with Crippen LogP contribution in [0.5, 0.6) is 0 Å². The van der Waals surface area contributed by atoms with Crippen molar-refractivity contribution in [2.45, 2.75) is 12.5 Å². The van der Waals surface area contributed by atoms with E-state index in [1.165, 1.54) is 0 Å². The number of fused-ring (bicyclic) bond motifs is 3. The fourth-order valence-electron chi connectivity index (χ4n) is 3.34. The minimum Gasteiger partial charge on any atom is -0.354 e. The first-order chi connectivity index (χ1) is 11.4. The summed E-state index contributed by atoms with van der Waals surface area (Å²) in [5, 5.41) is 2.14. The number of aryl methyl sites for hydroxylation is 1. The van der Waals surface area contributed by atoms with Crippen LogP contribution in [0.3, 0.4) is 0 Å². The van der Waals surface area contributed by atoms with E-state index in [1.54, 1.807) is 6.20 Å². The van der Waals surface area contributed by atoms with Gasteiger partial charge in [0, 0.05) is 43.3 Å². The van der Waals surface area contributed by atoms with Gasteiger partial charge in [0.1, 0.15) is 11.5 Å². The summed E-state index contributed by atoms with van der Waals surface area (Å²) in [4.78, 5) is 11.0. The van der Waals surface area contributed by atoms with E-state index in [4.69, 9.17) is 9.17 Å². The summed E-state index contributed by atoms with van der Waals surface area (Å²) in [6, 6.07) is 5.99. The Balaban J connectivity index is 1.69. The van der Waals surface area contributed by atoms with Crippen molar-refractivity contribution >= 4 is 37.9 Å². The van der Waals surface area contributed by atoms with E-state index in [9.17, 15) is 8.42 Å². The van der Waals surface area contributed by atoms with Crippen LogP contribution in [0.4, 0.5) is 5.82 Å². The molecule has 0 bridgehead atoms. The first kappa shape index (κ1) is 15.3. The highest BCUT2D eigenvalue weighted by molar-refractivity contribution is 7.86. The van der Waals surface area contributed by atoms with Crippen LogP contribution in [0.1, 0.15) is 6.42 Å². The molecule has 3 aromatic heterocycles. The van der Waals surface area contributed by atoms with Crippen molar-refractivity contribution in [3.8, 4) is 0 Å². The zero-order valence-corrected chi connectivity index (χ0v) is 14.3. The van der Waals surface area contributed by atoms with Crippen LogP contribution in [0, 0.1) is 0 Å². The predicted molar refractivity (Wildman–Crippen MR) is 92.6 cm³/mol. The van der Waals surface area contributed by atoms with Crippen molar-refractivity contribution in [1.29, 1.82) is 0 Å². The van der Waals surface area contributed by atoms with Crippen molar-refractivity contribution < 1.29 is 12.6 Å². The van der Waals surface area contributed by atoms with E-state index in [2.05, 4.69) is 14.5 Å². The second-order valence-electron chi connectivity index (χ2n) is 6.15.